The highest BCUT2D eigenvalue weighted by molar-refractivity contribution is 5.79. The first-order valence-corrected chi connectivity index (χ1v) is 9.00. The van der Waals surface area contributed by atoms with Crippen molar-refractivity contribution in [2.45, 2.75) is 19.9 Å². The van der Waals surface area contributed by atoms with Crippen LogP contribution >= 0.6 is 0 Å². The zero-order valence-corrected chi connectivity index (χ0v) is 14.9. The molecule has 6 nitrogen and oxygen atoms in total. The summed E-state index contributed by atoms with van der Waals surface area (Å²) in [6.07, 6.45) is 8.34. The molecule has 0 spiro atoms. The lowest BCUT2D eigenvalue weighted by molar-refractivity contribution is 0.660. The Morgan fingerprint density at radius 2 is 1.96 bits per heavy atom. The summed E-state index contributed by atoms with van der Waals surface area (Å²) in [6, 6.07) is 14.4. The quantitative estimate of drug-likeness (QED) is 0.493. The summed E-state index contributed by atoms with van der Waals surface area (Å²) in [6.45, 7) is 2.91. The van der Waals surface area contributed by atoms with E-state index in [0.717, 1.165) is 46.5 Å². The second-order valence-corrected chi connectivity index (χ2v) is 6.53. The minimum Gasteiger partial charge on any atom is -0.272 e. The molecule has 0 N–H and O–H groups in total. The zero-order chi connectivity index (χ0) is 18.2. The van der Waals surface area contributed by atoms with Gasteiger partial charge in [-0.2, -0.15) is 10.2 Å². The molecule has 0 aliphatic carbocycles. The standard InChI is InChI=1S/C21H18N6/c1-2-26-14-17(12-24-26)20-7-8-21-23-13-18(27(21)25-20)11-15-5-6-19-16(10-15)4-3-9-22-19/h3-10,12-14H,2,11H2,1H3. The van der Waals surface area contributed by atoms with Gasteiger partial charge in [-0.05, 0) is 42.8 Å². The van der Waals surface area contributed by atoms with Crippen molar-refractivity contribution in [3.8, 4) is 11.3 Å². The van der Waals surface area contributed by atoms with Crippen LogP contribution in [0.3, 0.4) is 0 Å². The molecule has 132 valence electrons. The molecule has 1 aromatic carbocycles. The van der Waals surface area contributed by atoms with E-state index in [9.17, 15) is 0 Å². The number of hydrogen-bond donors (Lipinski definition) is 0. The third-order valence-electron chi connectivity index (χ3n) is 4.74. The van der Waals surface area contributed by atoms with Gasteiger partial charge in [-0.25, -0.2) is 9.50 Å². The van der Waals surface area contributed by atoms with Gasteiger partial charge in [0.25, 0.3) is 0 Å². The summed E-state index contributed by atoms with van der Waals surface area (Å²) in [4.78, 5) is 8.89. The number of benzene rings is 1. The Balaban J connectivity index is 1.53. The van der Waals surface area contributed by atoms with Crippen molar-refractivity contribution in [1.29, 1.82) is 0 Å². The monoisotopic (exact) mass is 354 g/mol. The second kappa shape index (κ2) is 6.32. The molecule has 5 aromatic rings. The Morgan fingerprint density at radius 3 is 2.85 bits per heavy atom. The number of aryl methyl sites for hydroxylation is 1. The normalized spacial score (nSPS) is 11.4. The third kappa shape index (κ3) is 2.85. The molecular formula is C21H18N6. The lowest BCUT2D eigenvalue weighted by Crippen LogP contribution is -2.00. The number of pyridine rings is 1. The van der Waals surface area contributed by atoms with E-state index in [1.165, 1.54) is 5.56 Å². The van der Waals surface area contributed by atoms with E-state index in [0.29, 0.717) is 0 Å². The summed E-state index contributed by atoms with van der Waals surface area (Å²) in [5.41, 5.74) is 6.02. The van der Waals surface area contributed by atoms with E-state index in [4.69, 9.17) is 5.10 Å². The number of imidazole rings is 1. The van der Waals surface area contributed by atoms with Crippen LogP contribution in [0.1, 0.15) is 18.2 Å². The van der Waals surface area contributed by atoms with Crippen molar-refractivity contribution in [3.63, 3.8) is 0 Å². The Morgan fingerprint density at radius 1 is 1.00 bits per heavy atom. The minimum absolute atomic E-state index is 0.761. The van der Waals surface area contributed by atoms with E-state index in [2.05, 4.69) is 46.3 Å². The molecule has 0 saturated carbocycles. The maximum absolute atomic E-state index is 4.80. The average molecular weight is 354 g/mol. The molecule has 4 heterocycles. The Hall–Kier alpha value is -3.54. The second-order valence-electron chi connectivity index (χ2n) is 6.53. The van der Waals surface area contributed by atoms with Gasteiger partial charge in [0.2, 0.25) is 0 Å². The predicted octanol–water partition coefficient (Wildman–Crippen LogP) is 3.75. The van der Waals surface area contributed by atoms with Crippen LogP contribution in [0, 0.1) is 0 Å². The van der Waals surface area contributed by atoms with Crippen molar-refractivity contribution >= 4 is 16.6 Å². The van der Waals surface area contributed by atoms with E-state index in [-0.39, 0.29) is 0 Å². The van der Waals surface area contributed by atoms with Crippen LogP contribution in [-0.2, 0) is 13.0 Å². The average Bonchev–Trinajstić information content (AvgIpc) is 3.35. The van der Waals surface area contributed by atoms with Gasteiger partial charge in [0, 0.05) is 36.3 Å². The molecule has 0 fully saturated rings. The van der Waals surface area contributed by atoms with Gasteiger partial charge in [-0.1, -0.05) is 12.1 Å². The van der Waals surface area contributed by atoms with E-state index in [1.54, 1.807) is 0 Å². The van der Waals surface area contributed by atoms with Gasteiger partial charge in [-0.15, -0.1) is 0 Å². The molecule has 5 rings (SSSR count). The van der Waals surface area contributed by atoms with Crippen LogP contribution in [0.15, 0.2) is 67.3 Å². The number of fused-ring (bicyclic) bond motifs is 2. The molecule has 0 aliphatic rings. The SMILES string of the molecule is CCn1cc(-c2ccc3ncc(Cc4ccc5ncccc5c4)n3n2)cn1. The molecule has 4 aromatic heterocycles. The van der Waals surface area contributed by atoms with Gasteiger partial charge < -0.3 is 0 Å². The minimum atomic E-state index is 0.761. The maximum Gasteiger partial charge on any atom is 0.153 e. The number of nitrogens with zero attached hydrogens (tertiary/aromatic N) is 6. The third-order valence-corrected chi connectivity index (χ3v) is 4.74. The fraction of sp³-hybridized carbons (Fsp3) is 0.143. The summed E-state index contributed by atoms with van der Waals surface area (Å²) < 4.78 is 3.82. The maximum atomic E-state index is 4.80. The first kappa shape index (κ1) is 15.7. The number of aromatic nitrogens is 6. The topological polar surface area (TPSA) is 60.9 Å². The van der Waals surface area contributed by atoms with Gasteiger partial charge >= 0.3 is 0 Å². The first-order chi connectivity index (χ1) is 13.3. The van der Waals surface area contributed by atoms with Crippen LogP contribution in [-0.4, -0.2) is 29.4 Å². The fourth-order valence-electron chi connectivity index (χ4n) is 3.31. The highest BCUT2D eigenvalue weighted by Crippen LogP contribution is 2.20. The van der Waals surface area contributed by atoms with Crippen molar-refractivity contribution in [3.05, 3.63) is 78.5 Å². The summed E-state index contributed by atoms with van der Waals surface area (Å²) >= 11 is 0. The molecule has 0 saturated heterocycles. The van der Waals surface area contributed by atoms with Crippen LogP contribution in [0.5, 0.6) is 0 Å². The van der Waals surface area contributed by atoms with Crippen molar-refractivity contribution in [2.75, 3.05) is 0 Å². The fourth-order valence-corrected chi connectivity index (χ4v) is 3.31. The Kier molecular flexibility index (Phi) is 3.67. The van der Waals surface area contributed by atoms with Crippen molar-refractivity contribution < 1.29 is 0 Å². The molecule has 0 bridgehead atoms. The van der Waals surface area contributed by atoms with Gasteiger partial charge in [-0.3, -0.25) is 9.67 Å². The number of rotatable bonds is 4. The molecular weight excluding hydrogens is 336 g/mol. The zero-order valence-electron chi connectivity index (χ0n) is 14.9. The van der Waals surface area contributed by atoms with E-state index >= 15 is 0 Å². The first-order valence-electron chi connectivity index (χ1n) is 9.00. The van der Waals surface area contributed by atoms with E-state index in [1.807, 2.05) is 52.2 Å². The lowest BCUT2D eigenvalue weighted by Gasteiger charge is -2.05. The predicted molar refractivity (Wildman–Crippen MR) is 104 cm³/mol. The summed E-state index contributed by atoms with van der Waals surface area (Å²) in [5, 5.41) is 10.3. The van der Waals surface area contributed by atoms with Crippen LogP contribution in [0.2, 0.25) is 0 Å². The molecule has 6 heteroatoms. The van der Waals surface area contributed by atoms with Crippen molar-refractivity contribution in [1.82, 2.24) is 29.4 Å². The Bertz CT molecular complexity index is 1250. The highest BCUT2D eigenvalue weighted by atomic mass is 15.3. The van der Waals surface area contributed by atoms with Gasteiger partial charge in [0.05, 0.1) is 29.3 Å². The molecule has 0 atom stereocenters. The smallest absolute Gasteiger partial charge is 0.153 e. The van der Waals surface area contributed by atoms with Crippen molar-refractivity contribution in [2.24, 2.45) is 0 Å². The molecule has 0 amide bonds. The number of hydrogen-bond acceptors (Lipinski definition) is 4. The molecule has 0 unspecified atom stereocenters. The lowest BCUT2D eigenvalue weighted by atomic mass is 10.1. The van der Waals surface area contributed by atoms with Crippen LogP contribution in [0.25, 0.3) is 27.8 Å². The van der Waals surface area contributed by atoms with Crippen LogP contribution in [0.4, 0.5) is 0 Å². The summed E-state index contributed by atoms with van der Waals surface area (Å²) in [7, 11) is 0. The summed E-state index contributed by atoms with van der Waals surface area (Å²) in [5.74, 6) is 0. The van der Waals surface area contributed by atoms with E-state index < -0.39 is 0 Å². The molecule has 0 radical (unpaired) electrons. The molecule has 27 heavy (non-hydrogen) atoms. The largest absolute Gasteiger partial charge is 0.272 e. The highest BCUT2D eigenvalue weighted by Gasteiger charge is 2.09. The van der Waals surface area contributed by atoms with Gasteiger partial charge in [0.1, 0.15) is 0 Å². The Labute approximate surface area is 156 Å². The van der Waals surface area contributed by atoms with Gasteiger partial charge in [0.15, 0.2) is 5.65 Å². The molecule has 0 aliphatic heterocycles. The van der Waals surface area contributed by atoms with Crippen LogP contribution < -0.4 is 0 Å².